The Morgan fingerprint density at radius 3 is 2.36 bits per heavy atom. The van der Waals surface area contributed by atoms with E-state index >= 15 is 0 Å². The highest BCUT2D eigenvalue weighted by molar-refractivity contribution is 6.23. The molecule has 0 aromatic carbocycles. The lowest BCUT2D eigenvalue weighted by atomic mass is 9.90. The molecule has 1 aliphatic carbocycles. The summed E-state index contributed by atoms with van der Waals surface area (Å²) in [5.41, 5.74) is 5.89. The minimum Gasteiger partial charge on any atom is -0.379 e. The number of morpholine rings is 1. The number of rotatable bonds is 1. The molecule has 0 aromatic rings. The lowest BCUT2D eigenvalue weighted by Crippen LogP contribution is -2.48. The van der Waals surface area contributed by atoms with Gasteiger partial charge in [0.25, 0.3) is 0 Å². The van der Waals surface area contributed by atoms with E-state index < -0.39 is 5.00 Å². The molecule has 2 fully saturated rings. The van der Waals surface area contributed by atoms with Crippen molar-refractivity contribution >= 4 is 11.6 Å². The van der Waals surface area contributed by atoms with E-state index in [4.69, 9.17) is 22.1 Å². The van der Waals surface area contributed by atoms with Gasteiger partial charge in [0.15, 0.2) is 0 Å². The molecule has 2 N–H and O–H groups in total. The van der Waals surface area contributed by atoms with Gasteiger partial charge in [0.1, 0.15) is 0 Å². The molecular formula is C10H19ClN2O. The number of halogens is 1. The lowest BCUT2D eigenvalue weighted by molar-refractivity contribution is 0.00632. The summed E-state index contributed by atoms with van der Waals surface area (Å²) in [6.07, 6.45) is 4.16. The molecule has 14 heavy (non-hydrogen) atoms. The first-order valence-corrected chi connectivity index (χ1v) is 5.85. The van der Waals surface area contributed by atoms with E-state index in [1.165, 1.54) is 0 Å². The number of hydrogen-bond acceptors (Lipinski definition) is 3. The van der Waals surface area contributed by atoms with Crippen molar-refractivity contribution in [3.8, 4) is 0 Å². The van der Waals surface area contributed by atoms with Crippen molar-refractivity contribution in [3.05, 3.63) is 0 Å². The van der Waals surface area contributed by atoms with Gasteiger partial charge in [0, 0.05) is 19.1 Å². The van der Waals surface area contributed by atoms with Gasteiger partial charge in [-0.2, -0.15) is 0 Å². The minimum atomic E-state index is -0.428. The van der Waals surface area contributed by atoms with Crippen molar-refractivity contribution in [1.29, 1.82) is 0 Å². The average Bonchev–Trinajstić information content (AvgIpc) is 2.19. The van der Waals surface area contributed by atoms with Crippen molar-refractivity contribution in [2.45, 2.75) is 36.7 Å². The lowest BCUT2D eigenvalue weighted by Gasteiger charge is -2.40. The van der Waals surface area contributed by atoms with Crippen LogP contribution in [0.2, 0.25) is 0 Å². The topological polar surface area (TPSA) is 38.5 Å². The molecule has 2 aliphatic rings. The number of alkyl halides is 1. The minimum absolute atomic E-state index is 0.428. The zero-order valence-corrected chi connectivity index (χ0v) is 9.30. The first kappa shape index (κ1) is 10.7. The Bertz CT molecular complexity index is 183. The summed E-state index contributed by atoms with van der Waals surface area (Å²) in [6.45, 7) is 3.91. The molecule has 0 atom stereocenters. The SMILES string of the molecule is NC1(Cl)CCC(N2CCOCC2)CC1. The van der Waals surface area contributed by atoms with Crippen LogP contribution < -0.4 is 5.73 Å². The Kier molecular flexibility index (Phi) is 3.32. The highest BCUT2D eigenvalue weighted by Crippen LogP contribution is 2.32. The van der Waals surface area contributed by atoms with Crippen LogP contribution in [0.3, 0.4) is 0 Å². The average molecular weight is 219 g/mol. The van der Waals surface area contributed by atoms with Gasteiger partial charge in [-0.05, 0) is 25.7 Å². The third-order valence-corrected chi connectivity index (χ3v) is 3.73. The fourth-order valence-electron chi connectivity index (χ4n) is 2.39. The molecule has 3 nitrogen and oxygen atoms in total. The van der Waals surface area contributed by atoms with E-state index in [2.05, 4.69) is 4.90 Å². The number of hydrogen-bond donors (Lipinski definition) is 1. The van der Waals surface area contributed by atoms with Crippen molar-refractivity contribution in [3.63, 3.8) is 0 Å². The summed E-state index contributed by atoms with van der Waals surface area (Å²) >= 11 is 6.11. The zero-order chi connectivity index (χ0) is 10.0. The van der Waals surface area contributed by atoms with Crippen molar-refractivity contribution in [2.75, 3.05) is 26.3 Å². The van der Waals surface area contributed by atoms with Crippen LogP contribution in [0.15, 0.2) is 0 Å². The number of nitrogens with two attached hydrogens (primary N) is 1. The summed E-state index contributed by atoms with van der Waals surface area (Å²) in [4.78, 5) is 2.10. The second-order valence-electron chi connectivity index (χ2n) is 4.41. The van der Waals surface area contributed by atoms with Crippen molar-refractivity contribution < 1.29 is 4.74 Å². The van der Waals surface area contributed by atoms with Crippen LogP contribution in [0, 0.1) is 0 Å². The van der Waals surface area contributed by atoms with Gasteiger partial charge in [-0.1, -0.05) is 0 Å². The second kappa shape index (κ2) is 4.35. The Morgan fingerprint density at radius 1 is 1.21 bits per heavy atom. The summed E-state index contributed by atoms with van der Waals surface area (Å²) in [6, 6.07) is 0.689. The predicted molar refractivity (Wildman–Crippen MR) is 57.4 cm³/mol. The van der Waals surface area contributed by atoms with E-state index in [1.807, 2.05) is 0 Å². The van der Waals surface area contributed by atoms with E-state index in [0.29, 0.717) is 6.04 Å². The molecule has 0 aromatic heterocycles. The Labute approximate surface area is 90.5 Å². The molecule has 0 bridgehead atoms. The molecule has 2 rings (SSSR count). The Hall–Kier alpha value is 0.170. The van der Waals surface area contributed by atoms with E-state index in [0.717, 1.165) is 52.0 Å². The third-order valence-electron chi connectivity index (χ3n) is 3.35. The van der Waals surface area contributed by atoms with Crippen LogP contribution in [0.25, 0.3) is 0 Å². The van der Waals surface area contributed by atoms with Gasteiger partial charge in [0.05, 0.1) is 18.2 Å². The molecule has 1 aliphatic heterocycles. The second-order valence-corrected chi connectivity index (χ2v) is 5.17. The molecule has 0 spiro atoms. The van der Waals surface area contributed by atoms with Crippen LogP contribution >= 0.6 is 11.6 Å². The van der Waals surface area contributed by atoms with E-state index in [1.54, 1.807) is 0 Å². The predicted octanol–water partition coefficient (Wildman–Crippen LogP) is 1.15. The first-order valence-electron chi connectivity index (χ1n) is 5.47. The smallest absolute Gasteiger partial charge is 0.0912 e. The van der Waals surface area contributed by atoms with Gasteiger partial charge >= 0.3 is 0 Å². The maximum atomic E-state index is 6.11. The molecule has 82 valence electrons. The first-order chi connectivity index (χ1) is 6.67. The molecule has 1 heterocycles. The van der Waals surface area contributed by atoms with Crippen LogP contribution in [0.4, 0.5) is 0 Å². The molecule has 0 unspecified atom stereocenters. The fraction of sp³-hybridized carbons (Fsp3) is 1.00. The Morgan fingerprint density at radius 2 is 1.79 bits per heavy atom. The van der Waals surface area contributed by atoms with E-state index in [9.17, 15) is 0 Å². The number of ether oxygens (including phenoxy) is 1. The van der Waals surface area contributed by atoms with Crippen LogP contribution in [-0.4, -0.2) is 42.2 Å². The molecule has 1 saturated heterocycles. The molecule has 0 amide bonds. The van der Waals surface area contributed by atoms with Crippen molar-refractivity contribution in [1.82, 2.24) is 4.90 Å². The third kappa shape index (κ3) is 2.60. The maximum Gasteiger partial charge on any atom is 0.0912 e. The van der Waals surface area contributed by atoms with Crippen molar-refractivity contribution in [2.24, 2.45) is 5.73 Å². The summed E-state index contributed by atoms with van der Waals surface area (Å²) in [7, 11) is 0. The standard InChI is InChI=1S/C10H19ClN2O/c11-10(12)3-1-9(2-4-10)13-5-7-14-8-6-13/h9H,1-8,12H2. The van der Waals surface area contributed by atoms with Gasteiger partial charge in [-0.15, -0.1) is 11.6 Å². The number of nitrogens with zero attached hydrogens (tertiary/aromatic N) is 1. The fourth-order valence-corrected chi connectivity index (χ4v) is 2.61. The van der Waals surface area contributed by atoms with Crippen LogP contribution in [0.5, 0.6) is 0 Å². The normalized spacial score (nSPS) is 41.1. The van der Waals surface area contributed by atoms with Crippen LogP contribution in [0.1, 0.15) is 25.7 Å². The zero-order valence-electron chi connectivity index (χ0n) is 8.54. The summed E-state index contributed by atoms with van der Waals surface area (Å²) in [5.74, 6) is 0. The van der Waals surface area contributed by atoms with Gasteiger partial charge in [-0.25, -0.2) is 0 Å². The molecular weight excluding hydrogens is 200 g/mol. The van der Waals surface area contributed by atoms with Gasteiger partial charge < -0.3 is 10.5 Å². The monoisotopic (exact) mass is 218 g/mol. The largest absolute Gasteiger partial charge is 0.379 e. The molecule has 1 saturated carbocycles. The van der Waals surface area contributed by atoms with Crippen LogP contribution in [-0.2, 0) is 4.74 Å². The molecule has 4 heteroatoms. The quantitative estimate of drug-likeness (QED) is 0.530. The van der Waals surface area contributed by atoms with E-state index in [-0.39, 0.29) is 0 Å². The van der Waals surface area contributed by atoms with Gasteiger partial charge in [-0.3, -0.25) is 4.90 Å². The summed E-state index contributed by atoms with van der Waals surface area (Å²) < 4.78 is 5.34. The maximum absolute atomic E-state index is 6.11. The highest BCUT2D eigenvalue weighted by atomic mass is 35.5. The Balaban J connectivity index is 1.82. The highest BCUT2D eigenvalue weighted by Gasteiger charge is 2.32. The summed E-state index contributed by atoms with van der Waals surface area (Å²) in [5, 5.41) is 0. The molecule has 0 radical (unpaired) electrons. The van der Waals surface area contributed by atoms with Gasteiger partial charge in [0.2, 0.25) is 0 Å².